The lowest BCUT2D eigenvalue weighted by molar-refractivity contribution is 0.0518. The van der Waals surface area contributed by atoms with Crippen LogP contribution >= 0.6 is 11.6 Å². The summed E-state index contributed by atoms with van der Waals surface area (Å²) in [5.41, 5.74) is -2.15. The molecular formula is C9H8ClF2NO3. The molecule has 0 aromatic carbocycles. The fraction of sp³-hybridized carbons (Fsp3) is 0.333. The molecule has 0 bridgehead atoms. The molecule has 0 amide bonds. The molecule has 0 radical (unpaired) electrons. The number of esters is 1. The van der Waals surface area contributed by atoms with Crippen molar-refractivity contribution in [3.05, 3.63) is 32.7 Å². The summed E-state index contributed by atoms with van der Waals surface area (Å²) in [7, 11) is 0. The van der Waals surface area contributed by atoms with Crippen LogP contribution in [0.5, 0.6) is 0 Å². The van der Waals surface area contributed by atoms with Crippen molar-refractivity contribution in [1.82, 2.24) is 4.98 Å². The summed E-state index contributed by atoms with van der Waals surface area (Å²) >= 11 is 5.57. The Kier molecular flexibility index (Phi) is 4.00. The van der Waals surface area contributed by atoms with Gasteiger partial charge in [-0.15, -0.1) is 0 Å². The van der Waals surface area contributed by atoms with E-state index in [1.807, 2.05) is 4.98 Å². The topological polar surface area (TPSA) is 59.2 Å². The Morgan fingerprint density at radius 2 is 2.25 bits per heavy atom. The normalized spacial score (nSPS) is 10.6. The highest BCUT2D eigenvalue weighted by atomic mass is 35.5. The van der Waals surface area contributed by atoms with Crippen molar-refractivity contribution in [2.75, 3.05) is 6.61 Å². The third-order valence-corrected chi connectivity index (χ3v) is 2.03. The van der Waals surface area contributed by atoms with Crippen LogP contribution in [0, 0.1) is 0 Å². The van der Waals surface area contributed by atoms with E-state index in [4.69, 9.17) is 11.6 Å². The molecule has 4 nitrogen and oxygen atoms in total. The number of aromatic amines is 1. The van der Waals surface area contributed by atoms with Crippen molar-refractivity contribution >= 4 is 17.6 Å². The van der Waals surface area contributed by atoms with Gasteiger partial charge in [-0.3, -0.25) is 4.79 Å². The van der Waals surface area contributed by atoms with Crippen molar-refractivity contribution in [2.24, 2.45) is 0 Å². The predicted octanol–water partition coefficient (Wildman–Crippen LogP) is 2.14. The van der Waals surface area contributed by atoms with Gasteiger partial charge in [-0.25, -0.2) is 13.6 Å². The molecule has 16 heavy (non-hydrogen) atoms. The molecule has 1 rings (SSSR count). The average Bonchev–Trinajstić information content (AvgIpc) is 2.20. The number of pyridine rings is 1. The zero-order valence-electron chi connectivity index (χ0n) is 8.22. The second-order valence-electron chi connectivity index (χ2n) is 2.80. The minimum absolute atomic E-state index is 0.0911. The zero-order valence-corrected chi connectivity index (χ0v) is 8.98. The third kappa shape index (κ3) is 2.57. The first-order valence-corrected chi connectivity index (χ1v) is 4.73. The van der Waals surface area contributed by atoms with Crippen molar-refractivity contribution in [3.63, 3.8) is 0 Å². The molecule has 0 saturated carbocycles. The number of ether oxygens (including phenoxy) is 1. The van der Waals surface area contributed by atoms with E-state index in [9.17, 15) is 18.4 Å². The van der Waals surface area contributed by atoms with E-state index in [0.29, 0.717) is 0 Å². The van der Waals surface area contributed by atoms with Crippen LogP contribution in [0.1, 0.15) is 29.4 Å². The molecule has 0 atom stereocenters. The molecule has 0 spiro atoms. The second-order valence-corrected chi connectivity index (χ2v) is 3.21. The summed E-state index contributed by atoms with van der Waals surface area (Å²) in [6.07, 6.45) is -2.95. The Hall–Kier alpha value is -1.43. The lowest BCUT2D eigenvalue weighted by Gasteiger charge is -2.05. The van der Waals surface area contributed by atoms with Crippen LogP contribution in [0.4, 0.5) is 8.78 Å². The van der Waals surface area contributed by atoms with E-state index in [-0.39, 0.29) is 17.3 Å². The largest absolute Gasteiger partial charge is 0.461 e. The number of carbonyl (C=O) groups excluding carboxylic acids is 1. The summed E-state index contributed by atoms with van der Waals surface area (Å²) < 4.78 is 29.2. The summed E-state index contributed by atoms with van der Waals surface area (Å²) in [4.78, 5) is 24.3. The van der Waals surface area contributed by atoms with Gasteiger partial charge in [-0.2, -0.15) is 0 Å². The lowest BCUT2D eigenvalue weighted by Crippen LogP contribution is -2.19. The number of rotatable bonds is 3. The highest BCUT2D eigenvalue weighted by Crippen LogP contribution is 2.20. The van der Waals surface area contributed by atoms with Gasteiger partial charge in [0.25, 0.3) is 12.0 Å². The van der Waals surface area contributed by atoms with E-state index in [0.717, 1.165) is 6.07 Å². The van der Waals surface area contributed by atoms with Crippen LogP contribution < -0.4 is 5.56 Å². The first-order valence-electron chi connectivity index (χ1n) is 4.35. The van der Waals surface area contributed by atoms with E-state index in [2.05, 4.69) is 4.74 Å². The second kappa shape index (κ2) is 5.07. The van der Waals surface area contributed by atoms with Crippen LogP contribution in [0.3, 0.4) is 0 Å². The Labute approximate surface area is 94.2 Å². The standard InChI is InChI=1S/C9H8ClF2NO3/c1-2-16-9(15)6-5(10)3-4(7(11)12)8(14)13-6/h3,7H,2H2,1H3,(H,13,14). The Balaban J connectivity index is 3.21. The molecular weight excluding hydrogens is 244 g/mol. The molecule has 0 saturated heterocycles. The van der Waals surface area contributed by atoms with Gasteiger partial charge in [-0.1, -0.05) is 11.6 Å². The van der Waals surface area contributed by atoms with E-state index >= 15 is 0 Å². The molecule has 1 N–H and O–H groups in total. The molecule has 7 heteroatoms. The molecule has 0 fully saturated rings. The van der Waals surface area contributed by atoms with E-state index in [1.165, 1.54) is 0 Å². The highest BCUT2D eigenvalue weighted by molar-refractivity contribution is 6.33. The van der Waals surface area contributed by atoms with Gasteiger partial charge in [0.1, 0.15) is 5.69 Å². The van der Waals surface area contributed by atoms with Gasteiger partial charge in [-0.05, 0) is 13.0 Å². The van der Waals surface area contributed by atoms with Gasteiger partial charge >= 0.3 is 5.97 Å². The Morgan fingerprint density at radius 3 is 2.75 bits per heavy atom. The molecule has 1 aromatic heterocycles. The van der Waals surface area contributed by atoms with Crippen LogP contribution in [0.25, 0.3) is 0 Å². The highest BCUT2D eigenvalue weighted by Gasteiger charge is 2.19. The Morgan fingerprint density at radius 1 is 1.62 bits per heavy atom. The van der Waals surface area contributed by atoms with E-state index < -0.39 is 23.5 Å². The number of nitrogens with one attached hydrogen (secondary N) is 1. The maximum Gasteiger partial charge on any atom is 0.356 e. The van der Waals surface area contributed by atoms with Gasteiger partial charge < -0.3 is 9.72 Å². The molecule has 88 valence electrons. The zero-order chi connectivity index (χ0) is 12.3. The van der Waals surface area contributed by atoms with E-state index in [1.54, 1.807) is 6.92 Å². The first kappa shape index (κ1) is 12.6. The number of hydrogen-bond acceptors (Lipinski definition) is 3. The van der Waals surface area contributed by atoms with Crippen molar-refractivity contribution in [1.29, 1.82) is 0 Å². The lowest BCUT2D eigenvalue weighted by atomic mass is 10.2. The number of alkyl halides is 2. The number of H-pyrrole nitrogens is 1. The van der Waals surface area contributed by atoms with Crippen molar-refractivity contribution in [3.8, 4) is 0 Å². The molecule has 1 heterocycles. The maximum atomic E-state index is 12.3. The van der Waals surface area contributed by atoms with Gasteiger partial charge in [0.15, 0.2) is 0 Å². The molecule has 0 aliphatic carbocycles. The summed E-state index contributed by atoms with van der Waals surface area (Å²) in [6, 6.07) is 0.761. The maximum absolute atomic E-state index is 12.3. The van der Waals surface area contributed by atoms with Crippen molar-refractivity contribution in [2.45, 2.75) is 13.3 Å². The van der Waals surface area contributed by atoms with Crippen LogP contribution in [0.15, 0.2) is 10.9 Å². The SMILES string of the molecule is CCOC(=O)c1[nH]c(=O)c(C(F)F)cc1Cl. The third-order valence-electron chi connectivity index (χ3n) is 1.74. The minimum atomic E-state index is -2.95. The number of carbonyl (C=O) groups is 1. The Bertz CT molecular complexity index is 459. The number of aromatic nitrogens is 1. The first-order chi connectivity index (χ1) is 7.47. The van der Waals surface area contributed by atoms with Gasteiger partial charge in [0, 0.05) is 0 Å². The van der Waals surface area contributed by atoms with Gasteiger partial charge in [0.2, 0.25) is 0 Å². The summed E-state index contributed by atoms with van der Waals surface area (Å²) in [5, 5.41) is -0.270. The predicted molar refractivity (Wildman–Crippen MR) is 53.0 cm³/mol. The van der Waals surface area contributed by atoms with Gasteiger partial charge in [0.05, 0.1) is 17.2 Å². The van der Waals surface area contributed by atoms with Crippen LogP contribution in [-0.4, -0.2) is 17.6 Å². The van der Waals surface area contributed by atoms with Crippen LogP contribution in [0.2, 0.25) is 5.02 Å². The average molecular weight is 252 g/mol. The quantitative estimate of drug-likeness (QED) is 0.838. The molecule has 0 unspecified atom stereocenters. The number of halogens is 3. The minimum Gasteiger partial charge on any atom is -0.461 e. The molecule has 0 aliphatic heterocycles. The fourth-order valence-electron chi connectivity index (χ4n) is 1.03. The summed E-state index contributed by atoms with van der Waals surface area (Å²) in [5.74, 6) is -0.856. The molecule has 0 aliphatic rings. The number of hydrogen-bond donors (Lipinski definition) is 1. The van der Waals surface area contributed by atoms with Crippen molar-refractivity contribution < 1.29 is 18.3 Å². The monoisotopic (exact) mass is 251 g/mol. The smallest absolute Gasteiger partial charge is 0.356 e. The molecule has 1 aromatic rings. The fourth-order valence-corrected chi connectivity index (χ4v) is 1.28. The van der Waals surface area contributed by atoms with Crippen LogP contribution in [-0.2, 0) is 4.74 Å². The summed E-state index contributed by atoms with van der Waals surface area (Å²) in [6.45, 7) is 1.66.